The molecule has 1 heterocycles. The largest absolute Gasteiger partial charge is 0.490 e. The molecule has 1 N–H and O–H groups in total. The first-order chi connectivity index (χ1) is 16.7. The van der Waals surface area contributed by atoms with Gasteiger partial charge >= 0.3 is 0 Å². The summed E-state index contributed by atoms with van der Waals surface area (Å²) < 4.78 is 11.8. The average Bonchev–Trinajstić information content (AvgIpc) is 2.88. The molecule has 0 saturated carbocycles. The third-order valence-electron chi connectivity index (χ3n) is 4.94. The third-order valence-corrected chi connectivity index (χ3v) is 5.98. The van der Waals surface area contributed by atoms with Gasteiger partial charge in [-0.05, 0) is 59.7 Å². The zero-order chi connectivity index (χ0) is 23.6. The monoisotopic (exact) mass is 471 g/mol. The van der Waals surface area contributed by atoms with Crippen LogP contribution in [0.4, 0.5) is 0 Å². The normalized spacial score (nSPS) is 11.0. The maximum absolute atomic E-state index is 12.1. The highest BCUT2D eigenvalue weighted by Crippen LogP contribution is 2.30. The molecule has 0 saturated heterocycles. The van der Waals surface area contributed by atoms with Gasteiger partial charge in [0.1, 0.15) is 0 Å². The van der Waals surface area contributed by atoms with Gasteiger partial charge in [0.2, 0.25) is 0 Å². The van der Waals surface area contributed by atoms with Crippen LogP contribution in [0, 0.1) is 0 Å². The number of nitrogens with one attached hydrogen (secondary N) is 1. The SMILES string of the molecule is CCOc1cc(C=NNC(=O)c2ccncc2)ccc1OCCSc1cccc2ccccc12. The highest BCUT2D eigenvalue weighted by molar-refractivity contribution is 7.99. The highest BCUT2D eigenvalue weighted by atomic mass is 32.2. The minimum atomic E-state index is -0.299. The molecule has 1 aromatic heterocycles. The summed E-state index contributed by atoms with van der Waals surface area (Å²) in [4.78, 5) is 17.2. The Hall–Kier alpha value is -3.84. The Morgan fingerprint density at radius 3 is 2.68 bits per heavy atom. The Bertz CT molecular complexity index is 1270. The number of hydrazone groups is 1. The second-order valence-corrected chi connectivity index (χ2v) is 8.39. The van der Waals surface area contributed by atoms with Gasteiger partial charge in [0.15, 0.2) is 11.5 Å². The van der Waals surface area contributed by atoms with Crippen LogP contribution >= 0.6 is 11.8 Å². The van der Waals surface area contributed by atoms with Crippen molar-refractivity contribution in [1.82, 2.24) is 10.4 Å². The maximum atomic E-state index is 12.1. The molecule has 0 aliphatic carbocycles. The summed E-state index contributed by atoms with van der Waals surface area (Å²) in [6.45, 7) is 2.99. The summed E-state index contributed by atoms with van der Waals surface area (Å²) in [5.41, 5.74) is 3.79. The van der Waals surface area contributed by atoms with Crippen LogP contribution in [0.15, 0.2) is 95.2 Å². The van der Waals surface area contributed by atoms with E-state index in [2.05, 4.69) is 58.0 Å². The summed E-state index contributed by atoms with van der Waals surface area (Å²) in [5, 5.41) is 6.53. The lowest BCUT2D eigenvalue weighted by atomic mass is 10.1. The fraction of sp³-hybridized carbons (Fsp3) is 0.148. The molecule has 4 aromatic rings. The first-order valence-electron chi connectivity index (χ1n) is 11.0. The molecule has 0 aliphatic heterocycles. The first-order valence-corrected chi connectivity index (χ1v) is 12.0. The van der Waals surface area contributed by atoms with E-state index in [0.717, 1.165) is 11.3 Å². The predicted octanol–water partition coefficient (Wildman–Crippen LogP) is 5.57. The lowest BCUT2D eigenvalue weighted by Gasteiger charge is -2.13. The van der Waals surface area contributed by atoms with Crippen LogP contribution in [0.1, 0.15) is 22.8 Å². The number of amides is 1. The van der Waals surface area contributed by atoms with Crippen LogP contribution in [0.25, 0.3) is 10.8 Å². The van der Waals surface area contributed by atoms with Gasteiger partial charge in [-0.2, -0.15) is 5.10 Å². The lowest BCUT2D eigenvalue weighted by molar-refractivity contribution is 0.0955. The minimum Gasteiger partial charge on any atom is -0.490 e. The molecule has 4 rings (SSSR count). The van der Waals surface area contributed by atoms with Gasteiger partial charge in [-0.15, -0.1) is 11.8 Å². The van der Waals surface area contributed by atoms with E-state index in [1.165, 1.54) is 15.7 Å². The van der Waals surface area contributed by atoms with Crippen LogP contribution in [0.5, 0.6) is 11.5 Å². The molecule has 0 radical (unpaired) electrons. The number of carbonyl (C=O) groups excluding carboxylic acids is 1. The zero-order valence-corrected chi connectivity index (χ0v) is 19.6. The standard InChI is InChI=1S/C27H25N3O3S/c1-2-32-25-18-20(19-29-30-27(31)22-12-14-28-15-13-22)10-11-24(25)33-16-17-34-26-9-5-7-21-6-3-4-8-23(21)26/h3-15,18-19H,2,16-17H2,1H3,(H,30,31). The van der Waals surface area contributed by atoms with Crippen molar-refractivity contribution in [2.45, 2.75) is 11.8 Å². The molecular formula is C27H25N3O3S. The zero-order valence-electron chi connectivity index (χ0n) is 18.8. The number of hydrogen-bond acceptors (Lipinski definition) is 6. The molecule has 0 atom stereocenters. The van der Waals surface area contributed by atoms with Crippen LogP contribution in [0.3, 0.4) is 0 Å². The molecular weight excluding hydrogens is 446 g/mol. The van der Waals surface area contributed by atoms with Gasteiger partial charge in [0.25, 0.3) is 5.91 Å². The van der Waals surface area contributed by atoms with Gasteiger partial charge in [-0.1, -0.05) is 36.4 Å². The van der Waals surface area contributed by atoms with E-state index in [-0.39, 0.29) is 5.91 Å². The molecule has 1 amide bonds. The smallest absolute Gasteiger partial charge is 0.271 e. The number of fused-ring (bicyclic) bond motifs is 1. The number of pyridine rings is 1. The van der Waals surface area contributed by atoms with Crippen LogP contribution in [-0.4, -0.2) is 36.1 Å². The Balaban J connectivity index is 1.34. The summed E-state index contributed by atoms with van der Waals surface area (Å²) >= 11 is 1.77. The summed E-state index contributed by atoms with van der Waals surface area (Å²) in [6, 6.07) is 23.6. The minimum absolute atomic E-state index is 0.299. The van der Waals surface area contributed by atoms with Crippen LogP contribution in [0.2, 0.25) is 0 Å². The molecule has 0 bridgehead atoms. The second kappa shape index (κ2) is 11.9. The van der Waals surface area contributed by atoms with E-state index in [4.69, 9.17) is 9.47 Å². The van der Waals surface area contributed by atoms with Crippen molar-refractivity contribution in [3.63, 3.8) is 0 Å². The number of rotatable bonds is 10. The molecule has 172 valence electrons. The fourth-order valence-electron chi connectivity index (χ4n) is 3.35. The second-order valence-electron chi connectivity index (χ2n) is 7.25. The van der Waals surface area contributed by atoms with Gasteiger partial charge in [0, 0.05) is 28.6 Å². The van der Waals surface area contributed by atoms with E-state index in [1.54, 1.807) is 42.5 Å². The quantitative estimate of drug-likeness (QED) is 0.142. The van der Waals surface area contributed by atoms with E-state index in [0.29, 0.717) is 30.3 Å². The number of carbonyl (C=O) groups is 1. The average molecular weight is 472 g/mol. The number of aromatic nitrogens is 1. The first kappa shape index (κ1) is 23.3. The van der Waals surface area contributed by atoms with Crippen molar-refractivity contribution in [3.8, 4) is 11.5 Å². The van der Waals surface area contributed by atoms with Crippen molar-refractivity contribution in [2.24, 2.45) is 5.10 Å². The fourth-order valence-corrected chi connectivity index (χ4v) is 4.25. The molecule has 0 spiro atoms. The number of benzene rings is 3. The number of hydrogen-bond donors (Lipinski definition) is 1. The molecule has 0 aliphatic rings. The molecule has 0 unspecified atom stereocenters. The third kappa shape index (κ3) is 6.14. The van der Waals surface area contributed by atoms with Crippen LogP contribution < -0.4 is 14.9 Å². The number of nitrogens with zero attached hydrogens (tertiary/aromatic N) is 2. The van der Waals surface area contributed by atoms with Crippen LogP contribution in [-0.2, 0) is 0 Å². The Labute approximate surface area is 203 Å². The molecule has 0 fully saturated rings. The molecule has 3 aromatic carbocycles. The topological polar surface area (TPSA) is 72.8 Å². The van der Waals surface area contributed by atoms with E-state index < -0.39 is 0 Å². The lowest BCUT2D eigenvalue weighted by Crippen LogP contribution is -2.17. The van der Waals surface area contributed by atoms with E-state index >= 15 is 0 Å². The van der Waals surface area contributed by atoms with E-state index in [1.807, 2.05) is 25.1 Å². The maximum Gasteiger partial charge on any atom is 0.271 e. The Kier molecular flexibility index (Phi) is 8.13. The van der Waals surface area contributed by atoms with Crippen molar-refractivity contribution in [3.05, 3.63) is 96.3 Å². The van der Waals surface area contributed by atoms with Crippen molar-refractivity contribution < 1.29 is 14.3 Å². The number of ether oxygens (including phenoxy) is 2. The van der Waals surface area contributed by atoms with Gasteiger partial charge in [-0.3, -0.25) is 9.78 Å². The van der Waals surface area contributed by atoms with Crippen molar-refractivity contribution in [2.75, 3.05) is 19.0 Å². The molecule has 7 heteroatoms. The van der Waals surface area contributed by atoms with Gasteiger partial charge < -0.3 is 9.47 Å². The van der Waals surface area contributed by atoms with Crippen molar-refractivity contribution in [1.29, 1.82) is 0 Å². The van der Waals surface area contributed by atoms with Gasteiger partial charge in [-0.25, -0.2) is 5.43 Å². The molecule has 6 nitrogen and oxygen atoms in total. The molecule has 34 heavy (non-hydrogen) atoms. The number of thioether (sulfide) groups is 1. The Morgan fingerprint density at radius 1 is 1.00 bits per heavy atom. The summed E-state index contributed by atoms with van der Waals surface area (Å²) in [6.07, 6.45) is 4.69. The van der Waals surface area contributed by atoms with Gasteiger partial charge in [0.05, 0.1) is 19.4 Å². The summed E-state index contributed by atoms with van der Waals surface area (Å²) in [7, 11) is 0. The Morgan fingerprint density at radius 2 is 1.82 bits per heavy atom. The summed E-state index contributed by atoms with van der Waals surface area (Å²) in [5.74, 6) is 1.83. The predicted molar refractivity (Wildman–Crippen MR) is 137 cm³/mol. The van der Waals surface area contributed by atoms with E-state index in [9.17, 15) is 4.79 Å². The van der Waals surface area contributed by atoms with Crippen molar-refractivity contribution >= 4 is 34.7 Å². The highest BCUT2D eigenvalue weighted by Gasteiger charge is 2.08.